The van der Waals surface area contributed by atoms with Crippen LogP contribution in [0.4, 0.5) is 0 Å². The van der Waals surface area contributed by atoms with Gasteiger partial charge in [-0.15, -0.1) is 0 Å². The maximum Gasteiger partial charge on any atom is 0.160 e. The molecule has 2 aliphatic heterocycles. The van der Waals surface area contributed by atoms with Crippen LogP contribution in [0.25, 0.3) is 22.6 Å². The summed E-state index contributed by atoms with van der Waals surface area (Å²) in [6.45, 7) is 6.61. The van der Waals surface area contributed by atoms with Crippen LogP contribution in [0.2, 0.25) is 0 Å². The molecule has 2 atom stereocenters. The Labute approximate surface area is 393 Å². The van der Waals surface area contributed by atoms with Crippen LogP contribution >= 0.6 is 0 Å². The van der Waals surface area contributed by atoms with Gasteiger partial charge in [-0.1, -0.05) is 195 Å². The summed E-state index contributed by atoms with van der Waals surface area (Å²) in [7, 11) is 0. The Morgan fingerprint density at radius 1 is 0.552 bits per heavy atom. The average molecular weight is 867 g/mol. The number of allylic oxidation sites excluding steroid dienone is 7. The Balaban J connectivity index is 1.13. The molecule has 0 spiro atoms. The van der Waals surface area contributed by atoms with E-state index < -0.39 is 10.8 Å². The second-order valence-corrected chi connectivity index (χ2v) is 18.4. The fraction of sp³-hybridized carbons (Fsp3) is 0.143. The lowest BCUT2D eigenvalue weighted by Gasteiger charge is -2.47. The standard InChI is InChI=1S/C63H50N2O2/c1-41-37-38-57-53(39-41)63(46-27-12-6-13-28-46,47-29-14-7-15-30-47)52-35-20-32-49(60(52)67-57)55-40-54(64-61(65-55)58-42(2)21-18-22-43(58)3)48-31-19-34-51-59(48)66-56-36-17-16-33-50(56)62(51,44-23-8-4-9-24-44)45-25-10-5-11-26-45/h4-31,33-36,38-41,49H,32,37H2,1-3H3. The number of benzene rings is 7. The first-order valence-corrected chi connectivity index (χ1v) is 23.6. The highest BCUT2D eigenvalue weighted by Crippen LogP contribution is 2.60. The van der Waals surface area contributed by atoms with Crippen molar-refractivity contribution in [3.05, 3.63) is 285 Å². The van der Waals surface area contributed by atoms with Crippen molar-refractivity contribution < 1.29 is 9.47 Å². The Morgan fingerprint density at radius 2 is 1.12 bits per heavy atom. The summed E-state index contributed by atoms with van der Waals surface area (Å²) >= 11 is 0. The highest BCUT2D eigenvalue weighted by Gasteiger charge is 2.51. The number of aryl methyl sites for hydroxylation is 2. The monoisotopic (exact) mass is 866 g/mol. The summed E-state index contributed by atoms with van der Waals surface area (Å²) in [5.74, 6) is 4.29. The fourth-order valence-corrected chi connectivity index (χ4v) is 11.6. The minimum absolute atomic E-state index is 0.215. The van der Waals surface area contributed by atoms with Gasteiger partial charge in [0.15, 0.2) is 5.82 Å². The number of hydrogen-bond acceptors (Lipinski definition) is 4. The number of rotatable bonds is 7. The van der Waals surface area contributed by atoms with Crippen LogP contribution in [0.15, 0.2) is 235 Å². The van der Waals surface area contributed by atoms with Gasteiger partial charge in [0, 0.05) is 33.4 Å². The zero-order valence-corrected chi connectivity index (χ0v) is 38.0. The van der Waals surface area contributed by atoms with Crippen molar-refractivity contribution in [3.63, 3.8) is 0 Å². The third-order valence-corrected chi connectivity index (χ3v) is 14.5. The lowest BCUT2D eigenvalue weighted by molar-refractivity contribution is 0.245. The Hall–Kier alpha value is -7.82. The molecule has 2 aliphatic carbocycles. The van der Waals surface area contributed by atoms with Gasteiger partial charge >= 0.3 is 0 Å². The predicted molar refractivity (Wildman–Crippen MR) is 269 cm³/mol. The van der Waals surface area contributed by atoms with E-state index in [0.717, 1.165) is 90.9 Å². The molecule has 4 aliphatic rings. The molecule has 0 N–H and O–H groups in total. The van der Waals surface area contributed by atoms with Crippen LogP contribution in [0.1, 0.15) is 75.9 Å². The van der Waals surface area contributed by atoms with E-state index in [4.69, 9.17) is 19.4 Å². The van der Waals surface area contributed by atoms with Crippen LogP contribution in [0.5, 0.6) is 11.5 Å². The van der Waals surface area contributed by atoms with E-state index in [-0.39, 0.29) is 5.92 Å². The third-order valence-electron chi connectivity index (χ3n) is 14.5. The first kappa shape index (κ1) is 40.7. The van der Waals surface area contributed by atoms with Gasteiger partial charge in [0.25, 0.3) is 0 Å². The number of ether oxygens (including phenoxy) is 2. The topological polar surface area (TPSA) is 44.2 Å². The van der Waals surface area contributed by atoms with E-state index in [1.807, 2.05) is 0 Å². The van der Waals surface area contributed by atoms with Crippen molar-refractivity contribution in [3.8, 4) is 34.1 Å². The van der Waals surface area contributed by atoms with Crippen molar-refractivity contribution in [2.75, 3.05) is 0 Å². The number of fused-ring (bicyclic) bond motifs is 3. The zero-order chi connectivity index (χ0) is 45.1. The maximum absolute atomic E-state index is 7.34. The molecule has 4 nitrogen and oxygen atoms in total. The van der Waals surface area contributed by atoms with E-state index in [0.29, 0.717) is 18.2 Å². The van der Waals surface area contributed by atoms with Gasteiger partial charge in [-0.2, -0.15) is 0 Å². The summed E-state index contributed by atoms with van der Waals surface area (Å²) in [5.41, 5.74) is 13.8. The van der Waals surface area contributed by atoms with Crippen molar-refractivity contribution in [2.45, 2.75) is 50.4 Å². The van der Waals surface area contributed by atoms with Crippen LogP contribution in [-0.2, 0) is 15.6 Å². The smallest absolute Gasteiger partial charge is 0.160 e. The molecule has 1 aromatic heterocycles. The molecular weight excluding hydrogens is 817 g/mol. The van der Waals surface area contributed by atoms with Gasteiger partial charge in [0.2, 0.25) is 0 Å². The second-order valence-electron chi connectivity index (χ2n) is 18.4. The molecule has 0 radical (unpaired) electrons. The maximum atomic E-state index is 7.34. The molecule has 0 amide bonds. The Bertz CT molecular complexity index is 3230. The number of nitrogens with zero attached hydrogens (tertiary/aromatic N) is 2. The molecular formula is C63H50N2O2. The summed E-state index contributed by atoms with van der Waals surface area (Å²) in [6, 6.07) is 67.4. The van der Waals surface area contributed by atoms with E-state index >= 15 is 0 Å². The molecule has 4 heteroatoms. The molecule has 67 heavy (non-hydrogen) atoms. The van der Waals surface area contributed by atoms with Crippen molar-refractivity contribution >= 4 is 0 Å². The first-order valence-electron chi connectivity index (χ1n) is 23.6. The zero-order valence-electron chi connectivity index (χ0n) is 38.0. The summed E-state index contributed by atoms with van der Waals surface area (Å²) < 4.78 is 14.5. The molecule has 324 valence electrons. The van der Waals surface area contributed by atoms with Gasteiger partial charge in [0.05, 0.1) is 28.1 Å². The van der Waals surface area contributed by atoms with Gasteiger partial charge in [-0.25, -0.2) is 9.97 Å². The predicted octanol–water partition coefficient (Wildman–Crippen LogP) is 15.1. The summed E-state index contributed by atoms with van der Waals surface area (Å²) in [4.78, 5) is 11.2. The molecule has 12 rings (SSSR count). The summed E-state index contributed by atoms with van der Waals surface area (Å²) in [5, 5.41) is 0. The van der Waals surface area contributed by atoms with Crippen LogP contribution < -0.4 is 4.74 Å². The van der Waals surface area contributed by atoms with Crippen LogP contribution in [0.3, 0.4) is 0 Å². The van der Waals surface area contributed by atoms with Crippen molar-refractivity contribution in [1.29, 1.82) is 0 Å². The quantitative estimate of drug-likeness (QED) is 0.160. The molecule has 0 fully saturated rings. The van der Waals surface area contributed by atoms with E-state index in [9.17, 15) is 0 Å². The number of aromatic nitrogens is 2. The minimum Gasteiger partial charge on any atom is -0.461 e. The third kappa shape index (κ3) is 6.34. The Kier molecular flexibility index (Phi) is 9.87. The molecule has 0 bridgehead atoms. The number of para-hydroxylation sites is 2. The Morgan fingerprint density at radius 3 is 1.76 bits per heavy atom. The first-order chi connectivity index (χ1) is 33.0. The fourth-order valence-electron chi connectivity index (χ4n) is 11.6. The largest absolute Gasteiger partial charge is 0.461 e. The van der Waals surface area contributed by atoms with Crippen LogP contribution in [0, 0.1) is 19.8 Å². The van der Waals surface area contributed by atoms with Gasteiger partial charge in [-0.3, -0.25) is 0 Å². The van der Waals surface area contributed by atoms with Gasteiger partial charge in [-0.05, 0) is 90.3 Å². The average Bonchev–Trinajstić information content (AvgIpc) is 3.38. The van der Waals surface area contributed by atoms with Crippen LogP contribution in [-0.4, -0.2) is 9.97 Å². The SMILES string of the molecule is Cc1cccc(C)c1-c1nc(-c2cccc3c2Oc2ccccc2C3(c2ccccc2)c2ccccc2)cc(C2CC=CC3=C2OC2=CCC(C)C=C2C3(c2ccccc2)c2ccccc2)n1. The molecule has 2 unspecified atom stereocenters. The molecule has 0 saturated heterocycles. The van der Waals surface area contributed by atoms with Gasteiger partial charge in [0.1, 0.15) is 23.0 Å². The van der Waals surface area contributed by atoms with Crippen molar-refractivity contribution in [2.24, 2.45) is 5.92 Å². The van der Waals surface area contributed by atoms with Gasteiger partial charge < -0.3 is 9.47 Å². The lowest BCUT2D eigenvalue weighted by atomic mass is 9.59. The molecule has 3 heterocycles. The van der Waals surface area contributed by atoms with E-state index in [1.165, 1.54) is 16.7 Å². The lowest BCUT2D eigenvalue weighted by Crippen LogP contribution is -2.40. The van der Waals surface area contributed by atoms with E-state index in [1.54, 1.807) is 0 Å². The van der Waals surface area contributed by atoms with Crippen molar-refractivity contribution in [1.82, 2.24) is 9.97 Å². The summed E-state index contributed by atoms with van der Waals surface area (Å²) in [6.07, 6.45) is 11.0. The number of hydrogen-bond donors (Lipinski definition) is 0. The minimum atomic E-state index is -0.674. The molecule has 8 aromatic rings. The highest BCUT2D eigenvalue weighted by atomic mass is 16.5. The molecule has 0 saturated carbocycles. The van der Waals surface area contributed by atoms with E-state index in [2.05, 4.69) is 233 Å². The highest BCUT2D eigenvalue weighted by molar-refractivity contribution is 5.80. The molecule has 7 aromatic carbocycles. The second kappa shape index (κ2) is 16.3. The normalized spacial score (nSPS) is 18.5.